The van der Waals surface area contributed by atoms with Crippen molar-refractivity contribution in [3.05, 3.63) is 41.3 Å². The van der Waals surface area contributed by atoms with E-state index < -0.39 is 0 Å². The summed E-state index contributed by atoms with van der Waals surface area (Å²) in [4.78, 5) is 13.4. The third-order valence-electron chi connectivity index (χ3n) is 2.84. The first-order valence-electron chi connectivity index (χ1n) is 6.06. The molecule has 5 heteroatoms. The van der Waals surface area contributed by atoms with E-state index in [1.807, 2.05) is 37.4 Å². The van der Waals surface area contributed by atoms with Crippen LogP contribution in [0.3, 0.4) is 0 Å². The Labute approximate surface area is 116 Å². The van der Waals surface area contributed by atoms with E-state index in [0.717, 1.165) is 10.6 Å². The number of aryl methyl sites for hydroxylation is 2. The first-order valence-corrected chi connectivity index (χ1v) is 7.28. The van der Waals surface area contributed by atoms with Gasteiger partial charge in [-0.3, -0.25) is 4.79 Å². The molecule has 2 rings (SSSR count). The molecule has 0 fully saturated rings. The van der Waals surface area contributed by atoms with Crippen LogP contribution in [-0.4, -0.2) is 17.3 Å². The lowest BCUT2D eigenvalue weighted by Gasteiger charge is -2.05. The molecule has 1 heterocycles. The minimum Gasteiger partial charge on any atom is -0.361 e. The number of benzene rings is 1. The predicted molar refractivity (Wildman–Crippen MR) is 76.8 cm³/mol. The van der Waals surface area contributed by atoms with Crippen molar-refractivity contribution in [3.63, 3.8) is 0 Å². The third kappa shape index (κ3) is 2.98. The summed E-state index contributed by atoms with van der Waals surface area (Å²) in [6.07, 6.45) is 2.69. The monoisotopic (exact) mass is 276 g/mol. The molecule has 1 aromatic carbocycles. The largest absolute Gasteiger partial charge is 0.361 e. The van der Waals surface area contributed by atoms with Gasteiger partial charge in [0.15, 0.2) is 0 Å². The van der Waals surface area contributed by atoms with Gasteiger partial charge in [-0.1, -0.05) is 12.1 Å². The van der Waals surface area contributed by atoms with Crippen LogP contribution in [0.4, 0.5) is 5.69 Å². The van der Waals surface area contributed by atoms with Crippen molar-refractivity contribution in [1.29, 1.82) is 0 Å². The summed E-state index contributed by atoms with van der Waals surface area (Å²) in [6, 6.07) is 7.72. The van der Waals surface area contributed by atoms with Crippen LogP contribution in [-0.2, 0) is 6.42 Å². The van der Waals surface area contributed by atoms with Crippen molar-refractivity contribution in [2.45, 2.75) is 25.2 Å². The summed E-state index contributed by atoms with van der Waals surface area (Å²) in [7, 11) is 0. The van der Waals surface area contributed by atoms with Crippen molar-refractivity contribution < 1.29 is 9.32 Å². The number of nitrogens with one attached hydrogen (secondary N) is 1. The number of anilines is 1. The second kappa shape index (κ2) is 5.93. The second-order valence-corrected chi connectivity index (χ2v) is 4.98. The van der Waals surface area contributed by atoms with E-state index in [0.29, 0.717) is 23.4 Å². The van der Waals surface area contributed by atoms with Gasteiger partial charge in [0.05, 0.1) is 5.69 Å². The molecule has 1 N–H and O–H groups in total. The number of hydrogen-bond donors (Lipinski definition) is 1. The van der Waals surface area contributed by atoms with Crippen LogP contribution in [0.5, 0.6) is 0 Å². The Morgan fingerprint density at radius 1 is 1.37 bits per heavy atom. The smallest absolute Gasteiger partial charge is 0.261 e. The molecule has 0 saturated heterocycles. The molecule has 0 radical (unpaired) electrons. The van der Waals surface area contributed by atoms with Gasteiger partial charge in [-0.15, -0.1) is 11.8 Å². The van der Waals surface area contributed by atoms with Crippen molar-refractivity contribution in [1.82, 2.24) is 5.16 Å². The average molecular weight is 276 g/mol. The zero-order chi connectivity index (χ0) is 13.8. The molecule has 0 bridgehead atoms. The number of rotatable bonds is 4. The highest BCUT2D eigenvalue weighted by molar-refractivity contribution is 7.98. The quantitative estimate of drug-likeness (QED) is 0.868. The van der Waals surface area contributed by atoms with E-state index in [1.165, 1.54) is 0 Å². The van der Waals surface area contributed by atoms with E-state index in [9.17, 15) is 4.79 Å². The number of carbonyl (C=O) groups excluding carboxylic acids is 1. The molecule has 100 valence electrons. The Balaban J connectivity index is 2.18. The van der Waals surface area contributed by atoms with Gasteiger partial charge in [0.25, 0.3) is 5.91 Å². The number of amides is 1. The lowest BCUT2D eigenvalue weighted by atomic mass is 10.1. The highest BCUT2D eigenvalue weighted by Gasteiger charge is 2.19. The molecule has 2 aromatic rings. The number of hydrogen-bond acceptors (Lipinski definition) is 4. The maximum absolute atomic E-state index is 12.2. The normalized spacial score (nSPS) is 10.5. The van der Waals surface area contributed by atoms with E-state index in [4.69, 9.17) is 4.52 Å². The molecule has 19 heavy (non-hydrogen) atoms. The van der Waals surface area contributed by atoms with Gasteiger partial charge in [0.1, 0.15) is 11.3 Å². The second-order valence-electron chi connectivity index (χ2n) is 4.10. The van der Waals surface area contributed by atoms with E-state index in [2.05, 4.69) is 10.5 Å². The Morgan fingerprint density at radius 2 is 2.05 bits per heavy atom. The van der Waals surface area contributed by atoms with Crippen LogP contribution in [0, 0.1) is 6.92 Å². The summed E-state index contributed by atoms with van der Waals surface area (Å²) in [5.74, 6) is 0.377. The summed E-state index contributed by atoms with van der Waals surface area (Å²) in [5.41, 5.74) is 2.00. The predicted octanol–water partition coefficient (Wildman–Crippen LogP) is 3.52. The van der Waals surface area contributed by atoms with Crippen LogP contribution in [0.1, 0.15) is 28.7 Å². The highest BCUT2D eigenvalue weighted by atomic mass is 32.2. The molecule has 0 spiro atoms. The zero-order valence-corrected chi connectivity index (χ0v) is 12.0. The Kier molecular flexibility index (Phi) is 4.27. The molecular formula is C14H16N2O2S. The maximum Gasteiger partial charge on any atom is 0.261 e. The molecule has 0 unspecified atom stereocenters. The molecule has 0 saturated carbocycles. The van der Waals surface area contributed by atoms with E-state index in [-0.39, 0.29) is 5.91 Å². The fourth-order valence-corrected chi connectivity index (χ4v) is 2.23. The Morgan fingerprint density at radius 3 is 2.63 bits per heavy atom. The first-order chi connectivity index (χ1) is 9.15. The molecule has 1 aromatic heterocycles. The van der Waals surface area contributed by atoms with Gasteiger partial charge in [-0.25, -0.2) is 0 Å². The number of thioether (sulfide) groups is 1. The molecule has 0 aliphatic heterocycles. The lowest BCUT2D eigenvalue weighted by molar-refractivity contribution is 0.102. The number of aromatic nitrogens is 1. The minimum atomic E-state index is -0.174. The molecule has 1 amide bonds. The molecule has 4 nitrogen and oxygen atoms in total. The minimum absolute atomic E-state index is 0.174. The lowest BCUT2D eigenvalue weighted by Crippen LogP contribution is -2.14. The van der Waals surface area contributed by atoms with Gasteiger partial charge in [0, 0.05) is 10.6 Å². The van der Waals surface area contributed by atoms with Crippen molar-refractivity contribution in [2.75, 3.05) is 11.6 Å². The van der Waals surface area contributed by atoms with Crippen LogP contribution in [0.25, 0.3) is 0 Å². The summed E-state index contributed by atoms with van der Waals surface area (Å²) in [6.45, 7) is 3.69. The van der Waals surface area contributed by atoms with Crippen molar-refractivity contribution >= 4 is 23.4 Å². The highest BCUT2D eigenvalue weighted by Crippen LogP contribution is 2.20. The molecule has 0 aliphatic carbocycles. The maximum atomic E-state index is 12.2. The molecular weight excluding hydrogens is 260 g/mol. The fraction of sp³-hybridized carbons (Fsp3) is 0.286. The Hall–Kier alpha value is -1.75. The van der Waals surface area contributed by atoms with Crippen molar-refractivity contribution in [3.8, 4) is 0 Å². The van der Waals surface area contributed by atoms with Crippen LogP contribution in [0.2, 0.25) is 0 Å². The standard InChI is InChI=1S/C14H16N2O2S/c1-4-12-13(9(2)18-16-12)14(17)15-10-5-7-11(19-3)8-6-10/h5-8H,4H2,1-3H3,(H,15,17). The van der Waals surface area contributed by atoms with Crippen LogP contribution < -0.4 is 5.32 Å². The fourth-order valence-electron chi connectivity index (χ4n) is 1.82. The summed E-state index contributed by atoms with van der Waals surface area (Å²) >= 11 is 1.66. The van der Waals surface area contributed by atoms with Crippen molar-refractivity contribution in [2.24, 2.45) is 0 Å². The summed E-state index contributed by atoms with van der Waals surface area (Å²) < 4.78 is 5.07. The van der Waals surface area contributed by atoms with Gasteiger partial charge in [0.2, 0.25) is 0 Å². The first kappa shape index (κ1) is 13.7. The van der Waals surface area contributed by atoms with E-state index >= 15 is 0 Å². The zero-order valence-electron chi connectivity index (χ0n) is 11.2. The Bertz CT molecular complexity index is 576. The average Bonchev–Trinajstić information content (AvgIpc) is 2.80. The van der Waals surface area contributed by atoms with Crippen LogP contribution in [0.15, 0.2) is 33.7 Å². The summed E-state index contributed by atoms with van der Waals surface area (Å²) in [5, 5.41) is 6.75. The molecule has 0 atom stereocenters. The number of carbonyl (C=O) groups is 1. The van der Waals surface area contributed by atoms with E-state index in [1.54, 1.807) is 18.7 Å². The number of nitrogens with zero attached hydrogens (tertiary/aromatic N) is 1. The molecule has 0 aliphatic rings. The van der Waals surface area contributed by atoms with Gasteiger partial charge in [-0.05, 0) is 43.9 Å². The van der Waals surface area contributed by atoms with Gasteiger partial charge >= 0.3 is 0 Å². The topological polar surface area (TPSA) is 55.1 Å². The van der Waals surface area contributed by atoms with Gasteiger partial charge in [-0.2, -0.15) is 0 Å². The van der Waals surface area contributed by atoms with Gasteiger partial charge < -0.3 is 9.84 Å². The van der Waals surface area contributed by atoms with Crippen LogP contribution >= 0.6 is 11.8 Å². The third-order valence-corrected chi connectivity index (χ3v) is 3.59. The SMILES string of the molecule is CCc1noc(C)c1C(=O)Nc1ccc(SC)cc1.